The molecule has 0 radical (unpaired) electrons. The topological polar surface area (TPSA) is 67.9 Å². The van der Waals surface area contributed by atoms with E-state index in [-0.39, 0.29) is 17.1 Å². The minimum Gasteiger partial charge on any atom is -0.593 e. The van der Waals surface area contributed by atoms with Gasteiger partial charge in [0.1, 0.15) is 5.25 Å². The van der Waals surface area contributed by atoms with Gasteiger partial charge in [-0.15, -0.1) is 0 Å². The summed E-state index contributed by atoms with van der Waals surface area (Å²) in [5.74, 6) is 2.56. The standard InChI is InChI=1S/C40H59N3O3S/c1-6-8-32-21-27(2)11-17-37(32)35-15-13-31-12-14-33-22-39(31)43(25-35)26-36-16-18-38(36)34(24-42-19-20-46-29(4)23-42)10-7-9-28(3)30(5)47(45)41-40(33)44/h11-12,14,17,21-22,28-30,34-36,38H,6-10,13,15-16,18-20,23-26H2,1-5H3,(H,41,44)/t28-,29-,30+,34?,35+,36-,38-,47?/m0/s1. The Labute approximate surface area is 287 Å². The zero-order valence-corrected chi connectivity index (χ0v) is 30.5. The third-order valence-electron chi connectivity index (χ3n) is 12.1. The van der Waals surface area contributed by atoms with E-state index >= 15 is 0 Å². The van der Waals surface area contributed by atoms with Crippen LogP contribution in [0.2, 0.25) is 0 Å². The second-order valence-electron chi connectivity index (χ2n) is 15.5. The van der Waals surface area contributed by atoms with Crippen molar-refractivity contribution >= 4 is 23.0 Å². The second kappa shape index (κ2) is 15.7. The number of ether oxygens (including phenoxy) is 1. The molecular weight excluding hydrogens is 603 g/mol. The van der Waals surface area contributed by atoms with Gasteiger partial charge in [0.05, 0.1) is 24.1 Å². The van der Waals surface area contributed by atoms with Crippen LogP contribution in [0.3, 0.4) is 0 Å². The van der Waals surface area contributed by atoms with Gasteiger partial charge in [-0.05, 0) is 112 Å². The quantitative estimate of drug-likeness (QED) is 0.337. The number of morpholine rings is 1. The molecule has 1 amide bonds. The van der Waals surface area contributed by atoms with Gasteiger partial charge in [-0.1, -0.05) is 56.5 Å². The van der Waals surface area contributed by atoms with Crippen molar-refractivity contribution in [3.63, 3.8) is 0 Å². The third-order valence-corrected chi connectivity index (χ3v) is 13.6. The van der Waals surface area contributed by atoms with E-state index in [1.807, 2.05) is 13.0 Å². The highest BCUT2D eigenvalue weighted by Gasteiger charge is 2.40. The van der Waals surface area contributed by atoms with Crippen LogP contribution in [-0.2, 0) is 28.9 Å². The lowest BCUT2D eigenvalue weighted by molar-refractivity contribution is -0.0338. The van der Waals surface area contributed by atoms with Gasteiger partial charge in [0.25, 0.3) is 5.91 Å². The Morgan fingerprint density at radius 1 is 1.00 bits per heavy atom. The number of amides is 1. The highest BCUT2D eigenvalue weighted by Crippen LogP contribution is 2.45. The minimum atomic E-state index is -1.43. The first kappa shape index (κ1) is 34.8. The van der Waals surface area contributed by atoms with Gasteiger partial charge < -0.3 is 14.2 Å². The summed E-state index contributed by atoms with van der Waals surface area (Å²) >= 11 is -1.43. The van der Waals surface area contributed by atoms with E-state index in [2.05, 4.69) is 72.5 Å². The summed E-state index contributed by atoms with van der Waals surface area (Å²) < 4.78 is 22.2. The van der Waals surface area contributed by atoms with Crippen molar-refractivity contribution in [2.24, 2.45) is 23.7 Å². The maximum absolute atomic E-state index is 13.5. The number of nitrogens with zero attached hydrogens (tertiary/aromatic N) is 2. The van der Waals surface area contributed by atoms with Crippen molar-refractivity contribution in [3.8, 4) is 0 Å². The summed E-state index contributed by atoms with van der Waals surface area (Å²) in [6, 6.07) is 13.4. The number of aryl methyl sites for hydroxylation is 3. The van der Waals surface area contributed by atoms with E-state index in [4.69, 9.17) is 4.74 Å². The van der Waals surface area contributed by atoms with Crippen LogP contribution in [-0.4, -0.2) is 66.0 Å². The molecule has 6 nitrogen and oxygen atoms in total. The fraction of sp³-hybridized carbons (Fsp3) is 0.675. The predicted molar refractivity (Wildman–Crippen MR) is 195 cm³/mol. The van der Waals surface area contributed by atoms with Gasteiger partial charge in [-0.2, -0.15) is 4.72 Å². The Kier molecular flexibility index (Phi) is 11.6. The lowest BCUT2D eigenvalue weighted by atomic mass is 9.65. The zero-order valence-electron chi connectivity index (χ0n) is 29.6. The van der Waals surface area contributed by atoms with Gasteiger partial charge >= 0.3 is 0 Å². The Hall–Kier alpha value is -2.06. The Balaban J connectivity index is 1.34. The average molecular weight is 662 g/mol. The minimum absolute atomic E-state index is 0.0910. The molecule has 1 N–H and O–H groups in total. The number of hydrogen-bond acceptors (Lipinski definition) is 5. The first-order valence-corrected chi connectivity index (χ1v) is 19.9. The van der Waals surface area contributed by atoms with Crippen molar-refractivity contribution in [2.45, 2.75) is 110 Å². The average Bonchev–Trinajstić information content (AvgIpc) is 3.21. The molecule has 7 heteroatoms. The molecule has 1 saturated carbocycles. The summed E-state index contributed by atoms with van der Waals surface area (Å²) in [7, 11) is 0. The SMILES string of the molecule is CCCc1cc(C)ccc1[C@@H]1CCc2ccc3cc2N(C1)C[C@@H]1CC[C@H]1C(CN1CCO[C@@H](C)C1)CCC[C@H](C)[C@@H](C)[S+]([O-])NC3=O. The fourth-order valence-corrected chi connectivity index (χ4v) is 10.0. The molecule has 3 aliphatic heterocycles. The van der Waals surface area contributed by atoms with Crippen molar-refractivity contribution in [2.75, 3.05) is 44.2 Å². The molecule has 6 rings (SSSR count). The van der Waals surface area contributed by atoms with E-state index < -0.39 is 11.4 Å². The van der Waals surface area contributed by atoms with Crippen LogP contribution >= 0.6 is 0 Å². The lowest BCUT2D eigenvalue weighted by Gasteiger charge is -2.47. The van der Waals surface area contributed by atoms with Gasteiger partial charge in [0.2, 0.25) is 0 Å². The van der Waals surface area contributed by atoms with E-state index in [0.29, 0.717) is 29.4 Å². The predicted octanol–water partition coefficient (Wildman–Crippen LogP) is 7.45. The fourth-order valence-electron chi connectivity index (χ4n) is 8.99. The summed E-state index contributed by atoms with van der Waals surface area (Å²) in [6.07, 6.45) is 10.7. The van der Waals surface area contributed by atoms with Crippen LogP contribution in [0, 0.1) is 30.6 Å². The number of nitrogens with one attached hydrogen (secondary N) is 1. The van der Waals surface area contributed by atoms with Crippen LogP contribution in [0.15, 0.2) is 36.4 Å². The van der Waals surface area contributed by atoms with Crippen LogP contribution in [0.5, 0.6) is 0 Å². The Morgan fingerprint density at radius 3 is 2.62 bits per heavy atom. The maximum atomic E-state index is 13.5. The number of benzene rings is 2. The summed E-state index contributed by atoms with van der Waals surface area (Å²) in [5.41, 5.74) is 7.54. The molecule has 2 unspecified atom stereocenters. The van der Waals surface area contributed by atoms with E-state index in [9.17, 15) is 9.35 Å². The molecule has 2 aromatic carbocycles. The molecule has 1 aliphatic carbocycles. The highest BCUT2D eigenvalue weighted by atomic mass is 32.2. The van der Waals surface area contributed by atoms with Gasteiger partial charge in [0, 0.05) is 55.8 Å². The summed E-state index contributed by atoms with van der Waals surface area (Å²) in [6.45, 7) is 17.0. The Bertz CT molecular complexity index is 1370. The van der Waals surface area contributed by atoms with E-state index in [1.165, 1.54) is 47.2 Å². The van der Waals surface area contributed by atoms with E-state index in [1.54, 1.807) is 0 Å². The third kappa shape index (κ3) is 8.22. The molecule has 2 bridgehead atoms. The number of rotatable bonds is 5. The normalized spacial score (nSPS) is 32.6. The molecule has 1 saturated heterocycles. The molecule has 47 heavy (non-hydrogen) atoms. The van der Waals surface area contributed by atoms with Crippen molar-refractivity contribution in [3.05, 3.63) is 64.2 Å². The lowest BCUT2D eigenvalue weighted by Crippen LogP contribution is -2.48. The van der Waals surface area contributed by atoms with Crippen molar-refractivity contribution in [1.29, 1.82) is 0 Å². The van der Waals surface area contributed by atoms with Crippen LogP contribution in [0.4, 0.5) is 5.69 Å². The van der Waals surface area contributed by atoms with Gasteiger partial charge in [-0.3, -0.25) is 9.69 Å². The molecule has 4 aliphatic rings. The van der Waals surface area contributed by atoms with Crippen molar-refractivity contribution < 1.29 is 14.1 Å². The number of fused-ring (bicyclic) bond motifs is 2. The molecule has 2 fully saturated rings. The summed E-state index contributed by atoms with van der Waals surface area (Å²) in [4.78, 5) is 18.9. The molecule has 3 heterocycles. The number of hydrogen-bond donors (Lipinski definition) is 1. The van der Waals surface area contributed by atoms with Gasteiger partial charge in [-0.25, -0.2) is 0 Å². The first-order chi connectivity index (χ1) is 22.7. The molecule has 258 valence electrons. The monoisotopic (exact) mass is 661 g/mol. The van der Waals surface area contributed by atoms with E-state index in [0.717, 1.165) is 83.8 Å². The first-order valence-electron chi connectivity index (χ1n) is 18.7. The largest absolute Gasteiger partial charge is 0.593 e. The van der Waals surface area contributed by atoms with Crippen LogP contribution in [0.1, 0.15) is 111 Å². The number of anilines is 1. The maximum Gasteiger partial charge on any atom is 0.292 e. The van der Waals surface area contributed by atoms with Gasteiger partial charge in [0.15, 0.2) is 0 Å². The Morgan fingerprint density at radius 2 is 1.85 bits per heavy atom. The number of carbonyl (C=O) groups excluding carboxylic acids is 1. The summed E-state index contributed by atoms with van der Waals surface area (Å²) in [5, 5.41) is -0.0910. The second-order valence-corrected chi connectivity index (χ2v) is 17.0. The molecule has 2 aromatic rings. The zero-order chi connectivity index (χ0) is 33.1. The molecule has 0 spiro atoms. The van der Waals surface area contributed by atoms with Crippen LogP contribution in [0.25, 0.3) is 0 Å². The molecular formula is C40H59N3O3S. The molecule has 8 atom stereocenters. The molecule has 0 aromatic heterocycles. The van der Waals surface area contributed by atoms with Crippen LogP contribution < -0.4 is 9.62 Å². The smallest absolute Gasteiger partial charge is 0.292 e. The number of carbonyl (C=O) groups is 1. The highest BCUT2D eigenvalue weighted by molar-refractivity contribution is 7.90. The van der Waals surface area contributed by atoms with Crippen molar-refractivity contribution in [1.82, 2.24) is 9.62 Å².